The Morgan fingerprint density at radius 2 is 1.72 bits per heavy atom. The number of hydroxylamine groups is 1. The average Bonchev–Trinajstić information content (AvgIpc) is 3.05. The highest BCUT2D eigenvalue weighted by atomic mass is 16.6. The molecule has 0 radical (unpaired) electrons. The van der Waals surface area contributed by atoms with E-state index in [1.165, 1.54) is 24.3 Å². The predicted octanol–water partition coefficient (Wildman–Crippen LogP) is 1.14. The second-order valence-electron chi connectivity index (χ2n) is 7.63. The number of benzene rings is 2. The van der Waals surface area contributed by atoms with E-state index >= 15 is 0 Å². The number of hydrogen-bond donors (Lipinski definition) is 2. The van der Waals surface area contributed by atoms with Crippen molar-refractivity contribution in [2.24, 2.45) is 0 Å². The Balaban J connectivity index is 1.31. The first kappa shape index (κ1) is 20.3. The lowest BCUT2D eigenvalue weighted by molar-refractivity contribution is -0.734. The molecule has 2 unspecified atom stereocenters. The summed E-state index contributed by atoms with van der Waals surface area (Å²) in [5, 5.41) is 36.5. The highest BCUT2D eigenvalue weighted by molar-refractivity contribution is 6.21. The number of rotatable bonds is 5. The summed E-state index contributed by atoms with van der Waals surface area (Å²) in [6.07, 6.45) is 4.45. The van der Waals surface area contributed by atoms with Crippen LogP contribution in [0.5, 0.6) is 0 Å². The summed E-state index contributed by atoms with van der Waals surface area (Å²) in [5.74, 6) is -2.86. The molecule has 2 N–H and O–H groups in total. The number of imide groups is 1. The number of nitrogens with one attached hydrogen (secondary N) is 1. The SMILES string of the molecule is O=C1c2ccccc2C(=O)N1CCCOC1(O)C=CC=C2C1=[N+]([O-])c1ccccc1[NH+]2[O-]. The number of allylic oxidation sites excluding steroid dienone is 2. The van der Waals surface area contributed by atoms with E-state index < -0.39 is 5.79 Å². The summed E-state index contributed by atoms with van der Waals surface area (Å²) in [6.45, 7) is 0.0295. The molecule has 5 rings (SSSR count). The van der Waals surface area contributed by atoms with Crippen molar-refractivity contribution >= 4 is 28.9 Å². The molecular weight excluding hydrogens is 414 g/mol. The van der Waals surface area contributed by atoms with E-state index in [2.05, 4.69) is 0 Å². The second-order valence-corrected chi connectivity index (χ2v) is 7.63. The maximum absolute atomic E-state index is 13.0. The topological polar surface area (TPSA) is 120 Å². The Labute approximate surface area is 182 Å². The largest absolute Gasteiger partial charge is 0.623 e. The number of quaternary nitrogens is 1. The van der Waals surface area contributed by atoms with E-state index in [4.69, 9.17) is 4.74 Å². The molecule has 162 valence electrons. The number of carbonyl (C=O) groups excluding carboxylic acids is 2. The lowest BCUT2D eigenvalue weighted by atomic mass is 9.98. The quantitative estimate of drug-likeness (QED) is 0.240. The molecule has 9 nitrogen and oxygen atoms in total. The van der Waals surface area contributed by atoms with Gasteiger partial charge in [-0.05, 0) is 24.6 Å². The fourth-order valence-electron chi connectivity index (χ4n) is 4.18. The first-order valence-electron chi connectivity index (χ1n) is 10.1. The lowest BCUT2D eigenvalue weighted by Crippen LogP contribution is -3.02. The average molecular weight is 433 g/mol. The summed E-state index contributed by atoms with van der Waals surface area (Å²) < 4.78 is 6.14. The molecule has 0 spiro atoms. The van der Waals surface area contributed by atoms with E-state index in [0.29, 0.717) is 15.9 Å². The highest BCUT2D eigenvalue weighted by Crippen LogP contribution is 2.31. The summed E-state index contributed by atoms with van der Waals surface area (Å²) in [4.78, 5) is 26.0. The van der Waals surface area contributed by atoms with E-state index in [0.717, 1.165) is 4.90 Å². The van der Waals surface area contributed by atoms with Crippen LogP contribution in [0.15, 0.2) is 72.5 Å². The maximum atomic E-state index is 13.0. The Hall–Kier alpha value is -3.63. The van der Waals surface area contributed by atoms with Crippen LogP contribution in [0, 0.1) is 10.4 Å². The van der Waals surface area contributed by atoms with Crippen molar-refractivity contribution in [2.75, 3.05) is 13.2 Å². The number of carbonyl (C=O) groups is 2. The van der Waals surface area contributed by atoms with Crippen molar-refractivity contribution in [3.8, 4) is 0 Å². The minimum absolute atomic E-state index is 0.0593. The zero-order valence-corrected chi connectivity index (χ0v) is 16.9. The molecule has 1 aliphatic carbocycles. The zero-order chi connectivity index (χ0) is 22.5. The van der Waals surface area contributed by atoms with Crippen LogP contribution >= 0.6 is 0 Å². The molecule has 0 bridgehead atoms. The van der Waals surface area contributed by atoms with Crippen molar-refractivity contribution in [1.82, 2.24) is 4.90 Å². The molecule has 32 heavy (non-hydrogen) atoms. The van der Waals surface area contributed by atoms with E-state index in [-0.39, 0.29) is 59.2 Å². The van der Waals surface area contributed by atoms with Gasteiger partial charge in [0.05, 0.1) is 17.7 Å². The third-order valence-electron chi connectivity index (χ3n) is 5.72. The molecule has 0 saturated carbocycles. The van der Waals surface area contributed by atoms with Crippen LogP contribution in [-0.4, -0.2) is 51.2 Å². The van der Waals surface area contributed by atoms with Crippen molar-refractivity contribution in [3.05, 3.63) is 94.0 Å². The number of ether oxygens (including phenoxy) is 1. The van der Waals surface area contributed by atoms with E-state index in [9.17, 15) is 25.1 Å². The Morgan fingerprint density at radius 1 is 1.06 bits per heavy atom. The Bertz CT molecular complexity index is 1200. The van der Waals surface area contributed by atoms with Gasteiger partial charge < -0.3 is 20.3 Å². The highest BCUT2D eigenvalue weighted by Gasteiger charge is 2.50. The minimum Gasteiger partial charge on any atom is -0.623 e. The van der Waals surface area contributed by atoms with Crippen LogP contribution in [0.4, 0.5) is 11.4 Å². The van der Waals surface area contributed by atoms with E-state index in [1.54, 1.807) is 42.5 Å². The normalized spacial score (nSPS) is 23.8. The first-order valence-corrected chi connectivity index (χ1v) is 10.1. The van der Waals surface area contributed by atoms with Crippen molar-refractivity contribution in [1.29, 1.82) is 0 Å². The number of amides is 2. The van der Waals surface area contributed by atoms with Crippen LogP contribution in [-0.2, 0) is 4.74 Å². The van der Waals surface area contributed by atoms with Crippen LogP contribution in [0.1, 0.15) is 27.1 Å². The smallest absolute Gasteiger partial charge is 0.319 e. The maximum Gasteiger partial charge on any atom is 0.319 e. The van der Waals surface area contributed by atoms with Crippen LogP contribution in [0.25, 0.3) is 0 Å². The van der Waals surface area contributed by atoms with Gasteiger partial charge in [0.1, 0.15) is 0 Å². The second kappa shape index (κ2) is 7.50. The van der Waals surface area contributed by atoms with Gasteiger partial charge >= 0.3 is 5.71 Å². The Kier molecular flexibility index (Phi) is 4.75. The van der Waals surface area contributed by atoms with Gasteiger partial charge in [-0.15, -0.1) is 0 Å². The van der Waals surface area contributed by atoms with Gasteiger partial charge in [0.25, 0.3) is 23.3 Å². The molecule has 2 aromatic carbocycles. The summed E-state index contributed by atoms with van der Waals surface area (Å²) in [7, 11) is 0. The summed E-state index contributed by atoms with van der Waals surface area (Å²) in [6, 6.07) is 13.0. The molecule has 2 heterocycles. The molecule has 3 aliphatic rings. The van der Waals surface area contributed by atoms with Crippen LogP contribution in [0.2, 0.25) is 0 Å². The Morgan fingerprint density at radius 3 is 2.44 bits per heavy atom. The lowest BCUT2D eigenvalue weighted by Gasteiger charge is -2.35. The minimum atomic E-state index is -2.11. The van der Waals surface area contributed by atoms with Gasteiger partial charge in [-0.25, -0.2) is 0 Å². The number of para-hydroxylation sites is 2. The third-order valence-corrected chi connectivity index (χ3v) is 5.72. The van der Waals surface area contributed by atoms with Gasteiger partial charge in [0, 0.05) is 24.8 Å². The fourth-order valence-corrected chi connectivity index (χ4v) is 4.18. The molecule has 0 fully saturated rings. The van der Waals surface area contributed by atoms with Gasteiger partial charge in [0.15, 0.2) is 0 Å². The molecule has 2 atom stereocenters. The summed E-state index contributed by atoms with van der Waals surface area (Å²) in [5.41, 5.74) is 0.959. The number of hydrogen-bond acceptors (Lipinski definition) is 6. The first-order chi connectivity index (χ1) is 15.4. The van der Waals surface area contributed by atoms with Crippen molar-refractivity contribution in [3.63, 3.8) is 0 Å². The molecule has 9 heteroatoms. The van der Waals surface area contributed by atoms with Crippen molar-refractivity contribution in [2.45, 2.75) is 12.2 Å². The van der Waals surface area contributed by atoms with Crippen molar-refractivity contribution < 1.29 is 29.2 Å². The standard InChI is InChI=1S/C23H19N3O6/c27-21-15-7-1-2-8-16(15)22(28)24(21)13-6-14-32-23(29)12-5-11-19-20(23)26(31)18-10-4-3-9-17(18)25(19)30/h1-5,7-12,25,29H,6,13-14H2. The van der Waals surface area contributed by atoms with E-state index in [1.807, 2.05) is 0 Å². The van der Waals surface area contributed by atoms with Gasteiger partial charge in [-0.1, -0.05) is 30.3 Å². The van der Waals surface area contributed by atoms with Gasteiger partial charge in [-0.3, -0.25) is 19.6 Å². The zero-order valence-electron chi connectivity index (χ0n) is 16.9. The van der Waals surface area contributed by atoms with Gasteiger partial charge in [-0.2, -0.15) is 4.74 Å². The molecule has 0 saturated heterocycles. The number of nitrogens with zero attached hydrogens (tertiary/aromatic N) is 2. The monoisotopic (exact) mass is 433 g/mol. The number of aliphatic hydroxyl groups is 1. The van der Waals surface area contributed by atoms with Crippen LogP contribution < -0.4 is 5.06 Å². The number of fused-ring (bicyclic) bond motifs is 3. The van der Waals surface area contributed by atoms with Gasteiger partial charge in [0.2, 0.25) is 11.4 Å². The molecule has 2 amide bonds. The third kappa shape index (κ3) is 2.99. The van der Waals surface area contributed by atoms with Crippen LogP contribution in [0.3, 0.4) is 0 Å². The molecule has 2 aliphatic heterocycles. The summed E-state index contributed by atoms with van der Waals surface area (Å²) >= 11 is 0. The molecular formula is C23H19N3O6. The fraction of sp³-hybridized carbons (Fsp3) is 0.174. The molecule has 0 aromatic heterocycles. The molecule has 2 aromatic rings. The predicted molar refractivity (Wildman–Crippen MR) is 113 cm³/mol.